The van der Waals surface area contributed by atoms with Gasteiger partial charge in [0.15, 0.2) is 0 Å². The van der Waals surface area contributed by atoms with E-state index in [1.54, 1.807) is 24.3 Å². The third kappa shape index (κ3) is 4.85. The van der Waals surface area contributed by atoms with Crippen LogP contribution in [0.4, 0.5) is 0 Å². The predicted molar refractivity (Wildman–Crippen MR) is 94.2 cm³/mol. The quantitative estimate of drug-likeness (QED) is 0.799. The van der Waals surface area contributed by atoms with Crippen LogP contribution in [-0.2, 0) is 6.54 Å². The predicted octanol–water partition coefficient (Wildman–Crippen LogP) is 3.15. The van der Waals surface area contributed by atoms with Crippen molar-refractivity contribution in [1.82, 2.24) is 4.90 Å². The summed E-state index contributed by atoms with van der Waals surface area (Å²) in [7, 11) is 1.95. The van der Waals surface area contributed by atoms with Gasteiger partial charge in [-0.1, -0.05) is 6.92 Å². The second-order valence-electron chi connectivity index (χ2n) is 6.92. The number of aliphatic hydroxyl groups excluding tert-OH is 1. The maximum absolute atomic E-state index is 10.1. The molecule has 5 heteroatoms. The first-order chi connectivity index (χ1) is 12.0. The number of ether oxygens (including phenoxy) is 1. The zero-order chi connectivity index (χ0) is 17.8. The zero-order valence-corrected chi connectivity index (χ0v) is 14.7. The van der Waals surface area contributed by atoms with E-state index in [0.29, 0.717) is 30.3 Å². The highest BCUT2D eigenvalue weighted by atomic mass is 16.5. The van der Waals surface area contributed by atoms with Crippen molar-refractivity contribution < 1.29 is 14.3 Å². The zero-order valence-electron chi connectivity index (χ0n) is 14.7. The van der Waals surface area contributed by atoms with Crippen LogP contribution in [0.3, 0.4) is 0 Å². The molecule has 132 valence electrons. The lowest BCUT2D eigenvalue weighted by molar-refractivity contribution is 0.0724. The SMILES string of the molecule is C[C@@H]1C[C@H]1c1ccc(CN(C)C[C@@H](O)COc2ccc(C#N)cc2)o1. The summed E-state index contributed by atoms with van der Waals surface area (Å²) in [5.74, 6) is 3.98. The van der Waals surface area contributed by atoms with E-state index in [4.69, 9.17) is 14.4 Å². The van der Waals surface area contributed by atoms with E-state index in [2.05, 4.69) is 19.1 Å². The van der Waals surface area contributed by atoms with Gasteiger partial charge in [0.2, 0.25) is 0 Å². The van der Waals surface area contributed by atoms with Crippen LogP contribution >= 0.6 is 0 Å². The van der Waals surface area contributed by atoms with E-state index in [1.807, 2.05) is 18.0 Å². The molecule has 0 bridgehead atoms. The molecular weight excluding hydrogens is 316 g/mol. The molecule has 1 heterocycles. The number of nitriles is 1. The number of hydrogen-bond donors (Lipinski definition) is 1. The number of likely N-dealkylation sites (N-methyl/N-ethyl adjacent to an activating group) is 1. The van der Waals surface area contributed by atoms with Gasteiger partial charge in [-0.25, -0.2) is 0 Å². The highest BCUT2D eigenvalue weighted by Gasteiger charge is 2.36. The summed E-state index contributed by atoms with van der Waals surface area (Å²) in [6.07, 6.45) is 0.618. The van der Waals surface area contributed by atoms with Crippen molar-refractivity contribution in [3.8, 4) is 11.8 Å². The van der Waals surface area contributed by atoms with Crippen molar-refractivity contribution in [3.05, 3.63) is 53.5 Å². The van der Waals surface area contributed by atoms with E-state index in [-0.39, 0.29) is 6.61 Å². The molecular formula is C20H24N2O3. The Morgan fingerprint density at radius 3 is 2.68 bits per heavy atom. The molecule has 0 aliphatic heterocycles. The van der Waals surface area contributed by atoms with E-state index >= 15 is 0 Å². The summed E-state index contributed by atoms with van der Waals surface area (Å²) < 4.78 is 11.5. The first-order valence-electron chi connectivity index (χ1n) is 8.63. The Labute approximate surface area is 148 Å². The normalized spacial score (nSPS) is 20.3. The molecule has 0 unspecified atom stereocenters. The van der Waals surface area contributed by atoms with Crippen LogP contribution < -0.4 is 4.74 Å². The van der Waals surface area contributed by atoms with Crippen LogP contribution in [0.1, 0.15) is 36.3 Å². The van der Waals surface area contributed by atoms with Crippen molar-refractivity contribution in [2.75, 3.05) is 20.2 Å². The Hall–Kier alpha value is -2.29. The summed E-state index contributed by atoms with van der Waals surface area (Å²) in [6.45, 7) is 3.60. The van der Waals surface area contributed by atoms with Gasteiger partial charge < -0.3 is 14.3 Å². The summed E-state index contributed by atoms with van der Waals surface area (Å²) in [4.78, 5) is 2.02. The Morgan fingerprint density at radius 2 is 2.04 bits per heavy atom. The minimum absolute atomic E-state index is 0.208. The van der Waals surface area contributed by atoms with Gasteiger partial charge in [0, 0.05) is 12.5 Å². The second kappa shape index (κ2) is 7.73. The fourth-order valence-corrected chi connectivity index (χ4v) is 2.96. The van der Waals surface area contributed by atoms with Crippen molar-refractivity contribution in [2.24, 2.45) is 5.92 Å². The third-order valence-corrected chi connectivity index (χ3v) is 4.53. The lowest BCUT2D eigenvalue weighted by Crippen LogP contribution is -2.32. The summed E-state index contributed by atoms with van der Waals surface area (Å²) in [6, 6.07) is 13.0. The molecule has 25 heavy (non-hydrogen) atoms. The number of nitrogens with zero attached hydrogens (tertiary/aromatic N) is 2. The minimum Gasteiger partial charge on any atom is -0.491 e. The van der Waals surface area contributed by atoms with Crippen LogP contribution in [0.15, 0.2) is 40.8 Å². The molecule has 1 fully saturated rings. The lowest BCUT2D eigenvalue weighted by Gasteiger charge is -2.19. The third-order valence-electron chi connectivity index (χ3n) is 4.53. The average molecular weight is 340 g/mol. The Bertz CT molecular complexity index is 732. The molecule has 0 spiro atoms. The Kier molecular flexibility index (Phi) is 5.42. The van der Waals surface area contributed by atoms with Crippen LogP contribution in [0.25, 0.3) is 0 Å². The molecule has 1 aliphatic carbocycles. The number of benzene rings is 1. The topological polar surface area (TPSA) is 69.6 Å². The maximum atomic E-state index is 10.1. The number of rotatable bonds is 8. The van der Waals surface area contributed by atoms with Gasteiger partial charge in [0.05, 0.1) is 18.2 Å². The summed E-state index contributed by atoms with van der Waals surface area (Å²) >= 11 is 0. The van der Waals surface area contributed by atoms with E-state index < -0.39 is 6.10 Å². The minimum atomic E-state index is -0.599. The number of furan rings is 1. The van der Waals surface area contributed by atoms with Gasteiger partial charge >= 0.3 is 0 Å². The molecule has 1 aliphatic rings. The molecule has 3 rings (SSSR count). The molecule has 0 radical (unpaired) electrons. The van der Waals surface area contributed by atoms with Gasteiger partial charge in [-0.2, -0.15) is 5.26 Å². The molecule has 1 saturated carbocycles. The molecule has 0 amide bonds. The van der Waals surface area contributed by atoms with Crippen LogP contribution in [0.2, 0.25) is 0 Å². The van der Waals surface area contributed by atoms with Crippen molar-refractivity contribution in [2.45, 2.75) is 31.9 Å². The van der Waals surface area contributed by atoms with E-state index in [9.17, 15) is 5.11 Å². The van der Waals surface area contributed by atoms with Crippen molar-refractivity contribution >= 4 is 0 Å². The first kappa shape index (κ1) is 17.5. The largest absolute Gasteiger partial charge is 0.491 e. The molecule has 3 atom stereocenters. The highest BCUT2D eigenvalue weighted by molar-refractivity contribution is 5.34. The Morgan fingerprint density at radius 1 is 1.32 bits per heavy atom. The molecule has 2 aromatic rings. The van der Waals surface area contributed by atoms with Gasteiger partial charge in [0.1, 0.15) is 30.0 Å². The van der Waals surface area contributed by atoms with Gasteiger partial charge in [-0.3, -0.25) is 4.90 Å². The van der Waals surface area contributed by atoms with E-state index in [1.165, 1.54) is 6.42 Å². The fourth-order valence-electron chi connectivity index (χ4n) is 2.96. The lowest BCUT2D eigenvalue weighted by atomic mass is 10.2. The van der Waals surface area contributed by atoms with Gasteiger partial charge in [-0.05, 0) is 55.8 Å². The Balaban J connectivity index is 1.41. The molecule has 1 aromatic heterocycles. The molecule has 1 N–H and O–H groups in total. The van der Waals surface area contributed by atoms with Crippen LogP contribution in [-0.4, -0.2) is 36.3 Å². The molecule has 0 saturated heterocycles. The average Bonchev–Trinajstić information content (AvgIpc) is 3.15. The van der Waals surface area contributed by atoms with Crippen molar-refractivity contribution in [3.63, 3.8) is 0 Å². The monoisotopic (exact) mass is 340 g/mol. The van der Waals surface area contributed by atoms with Crippen molar-refractivity contribution in [1.29, 1.82) is 5.26 Å². The smallest absolute Gasteiger partial charge is 0.119 e. The first-order valence-corrected chi connectivity index (χ1v) is 8.63. The second-order valence-corrected chi connectivity index (χ2v) is 6.92. The maximum Gasteiger partial charge on any atom is 0.119 e. The summed E-state index contributed by atoms with van der Waals surface area (Å²) in [5.41, 5.74) is 0.589. The highest BCUT2D eigenvalue weighted by Crippen LogP contribution is 2.47. The van der Waals surface area contributed by atoms with E-state index in [0.717, 1.165) is 17.4 Å². The van der Waals surface area contributed by atoms with Crippen LogP contribution in [0, 0.1) is 17.2 Å². The van der Waals surface area contributed by atoms with Crippen LogP contribution in [0.5, 0.6) is 5.75 Å². The number of aliphatic hydroxyl groups is 1. The number of hydrogen-bond acceptors (Lipinski definition) is 5. The fraction of sp³-hybridized carbons (Fsp3) is 0.450. The summed E-state index contributed by atoms with van der Waals surface area (Å²) in [5, 5.41) is 18.9. The van der Waals surface area contributed by atoms with Gasteiger partial charge in [0.25, 0.3) is 0 Å². The molecule has 1 aromatic carbocycles. The standard InChI is InChI=1S/C20H24N2O3/c1-14-9-19(14)20-8-7-18(25-20)12-22(2)11-16(23)13-24-17-5-3-15(10-21)4-6-17/h3-8,14,16,19,23H,9,11-13H2,1-2H3/t14-,16-,19-/m1/s1. The molecule has 5 nitrogen and oxygen atoms in total. The van der Waals surface area contributed by atoms with Gasteiger partial charge in [-0.15, -0.1) is 0 Å².